The fourth-order valence-electron chi connectivity index (χ4n) is 7.17. The Morgan fingerprint density at radius 3 is 2.21 bits per heavy atom. The second-order valence-corrected chi connectivity index (χ2v) is 16.7. The van der Waals surface area contributed by atoms with Gasteiger partial charge in [0, 0.05) is 39.5 Å². The number of likely N-dealkylation sites (tertiary alicyclic amines) is 1. The highest BCUT2D eigenvalue weighted by molar-refractivity contribution is 8.14. The van der Waals surface area contributed by atoms with E-state index < -0.39 is 23.9 Å². The predicted molar refractivity (Wildman–Crippen MR) is 238 cm³/mol. The number of fused-ring (bicyclic) bond motifs is 1. The Morgan fingerprint density at radius 2 is 1.55 bits per heavy atom. The molecule has 1 fully saturated rings. The molecule has 1 aliphatic rings. The van der Waals surface area contributed by atoms with Gasteiger partial charge in [0.2, 0.25) is 16.8 Å². The Bertz CT molecular complexity index is 2640. The van der Waals surface area contributed by atoms with E-state index in [9.17, 15) is 29.4 Å². The number of rotatable bonds is 14. The topological polar surface area (TPSA) is 193 Å². The first-order valence-electron chi connectivity index (χ1n) is 19.9. The fourth-order valence-corrected chi connectivity index (χ4v) is 9.22. The number of carbonyl (C=O) groups is 4. The Kier molecular flexibility index (Phi) is 14.1. The summed E-state index contributed by atoms with van der Waals surface area (Å²) in [5.41, 5.74) is 5.77. The van der Waals surface area contributed by atoms with Crippen molar-refractivity contribution in [1.82, 2.24) is 35.1 Å². The smallest absolute Gasteiger partial charge is 0.337 e. The normalized spacial score (nSPS) is 15.1. The molecule has 3 heterocycles. The number of ether oxygens (including phenoxy) is 1. The van der Waals surface area contributed by atoms with Crippen molar-refractivity contribution in [3.8, 4) is 28.5 Å². The predicted octanol–water partition coefficient (Wildman–Crippen LogP) is 8.07. The Hall–Kier alpha value is -6.78. The van der Waals surface area contributed by atoms with Gasteiger partial charge in [-0.25, -0.2) is 9.59 Å². The first kappa shape index (κ1) is 43.3. The lowest BCUT2D eigenvalue weighted by Gasteiger charge is -2.24. The number of thioether (sulfide) groups is 2. The summed E-state index contributed by atoms with van der Waals surface area (Å²) in [6.07, 6.45) is 0.420. The number of nitrogens with zero attached hydrogens (tertiary/aromatic N) is 6. The number of para-hydroxylation sites is 1. The molecule has 2 aromatic heterocycles. The summed E-state index contributed by atoms with van der Waals surface area (Å²) in [7, 11) is 0. The van der Waals surface area contributed by atoms with Crippen LogP contribution in [-0.2, 0) is 16.1 Å². The molecule has 0 radical (unpaired) electrons. The summed E-state index contributed by atoms with van der Waals surface area (Å²) in [4.78, 5) is 55.8. The zero-order valence-corrected chi connectivity index (χ0v) is 35.5. The van der Waals surface area contributed by atoms with E-state index in [1.165, 1.54) is 4.90 Å². The molecule has 316 valence electrons. The van der Waals surface area contributed by atoms with Crippen LogP contribution in [0.4, 0.5) is 0 Å². The fraction of sp³-hybridized carbons (Fsp3) is 0.217. The van der Waals surface area contributed by atoms with E-state index in [1.54, 1.807) is 61.2 Å². The molecule has 3 N–H and O–H groups in total. The van der Waals surface area contributed by atoms with Crippen molar-refractivity contribution in [3.63, 3.8) is 0 Å². The van der Waals surface area contributed by atoms with E-state index in [0.29, 0.717) is 60.3 Å². The number of carbonyl (C=O) groups excluding carboxylic acids is 2. The molecule has 0 bridgehead atoms. The van der Waals surface area contributed by atoms with E-state index in [0.717, 1.165) is 38.9 Å². The van der Waals surface area contributed by atoms with Crippen LogP contribution < -0.4 is 4.74 Å². The number of carboxylic acids is 2. The van der Waals surface area contributed by atoms with E-state index in [1.807, 2.05) is 96.4 Å². The number of imidazole rings is 1. The molecule has 8 rings (SSSR count). The van der Waals surface area contributed by atoms with Crippen molar-refractivity contribution in [2.75, 3.05) is 18.9 Å². The molecule has 0 unspecified atom stereocenters. The summed E-state index contributed by atoms with van der Waals surface area (Å²) in [6, 6.07) is 39.3. The van der Waals surface area contributed by atoms with Gasteiger partial charge < -0.3 is 19.8 Å². The van der Waals surface area contributed by atoms with Gasteiger partial charge in [-0.15, -0.1) is 22.0 Å². The molecule has 3 atom stereocenters. The van der Waals surface area contributed by atoms with Gasteiger partial charge >= 0.3 is 11.9 Å². The number of aliphatic carboxylic acids is 1. The highest BCUT2D eigenvalue weighted by atomic mass is 32.2. The molecule has 1 saturated heterocycles. The van der Waals surface area contributed by atoms with Crippen LogP contribution >= 0.6 is 23.5 Å². The third kappa shape index (κ3) is 10.2. The summed E-state index contributed by atoms with van der Waals surface area (Å²) >= 11 is 2.70. The average Bonchev–Trinajstić information content (AvgIpc) is 4.07. The zero-order valence-electron chi connectivity index (χ0n) is 33.8. The number of aromatic carboxylic acids is 1. The van der Waals surface area contributed by atoms with E-state index in [-0.39, 0.29) is 21.8 Å². The Labute approximate surface area is 365 Å². The average molecular weight is 870 g/mol. The van der Waals surface area contributed by atoms with Crippen molar-refractivity contribution in [2.45, 2.75) is 43.0 Å². The lowest BCUT2D eigenvalue weighted by atomic mass is 9.98. The van der Waals surface area contributed by atoms with Gasteiger partial charge in [-0.05, 0) is 59.5 Å². The van der Waals surface area contributed by atoms with Gasteiger partial charge in [0.25, 0.3) is 6.01 Å². The van der Waals surface area contributed by atoms with Crippen LogP contribution in [-0.4, -0.2) is 98.4 Å². The number of nitrogens with one attached hydrogen (secondary N) is 1. The van der Waals surface area contributed by atoms with Crippen LogP contribution in [0.3, 0.4) is 0 Å². The molecule has 62 heavy (non-hydrogen) atoms. The minimum atomic E-state index is -1.00. The van der Waals surface area contributed by atoms with E-state index in [4.69, 9.17) is 4.74 Å². The SMILES string of the molecule is CCOc1nc2cccc(C(=O)O)c2n1Cc1ccc(-c2ccccc2-c2nn[nH]n2)cc1.C[C@H](CSC(=O)c1ccccc1)C(=O)N1C[C@@H](Sc2ccccc2)C[C@H]1C(=O)O. The van der Waals surface area contributed by atoms with Crippen LogP contribution in [0.1, 0.15) is 46.5 Å². The number of hydrogen-bond donors (Lipinski definition) is 3. The highest BCUT2D eigenvalue weighted by Gasteiger charge is 2.41. The molecule has 1 aliphatic heterocycles. The summed E-state index contributed by atoms with van der Waals surface area (Å²) in [6.45, 7) is 4.87. The number of tetrazole rings is 1. The van der Waals surface area contributed by atoms with Crippen molar-refractivity contribution < 1.29 is 34.1 Å². The number of H-pyrrole nitrogens is 1. The standard InChI is InChI=1S/C24H20N6O3.C22H23NO4S2/c1-2-33-24-25-20-9-5-8-19(23(31)32)21(20)30(24)14-15-10-12-16(13-11-15)17-6-3-4-7-18(17)22-26-28-29-27-22;1-15(14-28-22(27)16-8-4-2-5-9-16)20(24)23-13-18(12-19(23)21(25)26)29-17-10-6-3-7-11-17/h3-13H,2,14H2,1H3,(H,31,32)(H,26,27,28,29);2-11,15,18-19H,12-14H2,1H3,(H,25,26)/t;15-,18+,19+/m.1/s1. The van der Waals surface area contributed by atoms with Gasteiger partial charge in [-0.2, -0.15) is 10.2 Å². The molecule has 7 aromatic rings. The second-order valence-electron chi connectivity index (χ2n) is 14.4. The molecular formula is C46H43N7O7S2. The van der Waals surface area contributed by atoms with Crippen molar-refractivity contribution in [1.29, 1.82) is 0 Å². The molecule has 5 aromatic carbocycles. The Morgan fingerprint density at radius 1 is 0.855 bits per heavy atom. The molecular weight excluding hydrogens is 827 g/mol. The molecule has 16 heteroatoms. The highest BCUT2D eigenvalue weighted by Crippen LogP contribution is 2.35. The first-order valence-corrected chi connectivity index (χ1v) is 21.7. The monoisotopic (exact) mass is 869 g/mol. The van der Waals surface area contributed by atoms with Gasteiger partial charge in [-0.3, -0.25) is 14.2 Å². The van der Waals surface area contributed by atoms with Gasteiger partial charge in [0.05, 0.1) is 29.7 Å². The third-order valence-corrected chi connectivity index (χ3v) is 12.5. The second kappa shape index (κ2) is 20.2. The van der Waals surface area contributed by atoms with Crippen molar-refractivity contribution in [2.24, 2.45) is 5.92 Å². The van der Waals surface area contributed by atoms with Crippen LogP contribution in [0, 0.1) is 5.92 Å². The van der Waals surface area contributed by atoms with Crippen LogP contribution in [0.2, 0.25) is 0 Å². The van der Waals surface area contributed by atoms with Crippen LogP contribution in [0.5, 0.6) is 6.01 Å². The Balaban J connectivity index is 0.000000188. The molecule has 1 amide bonds. The van der Waals surface area contributed by atoms with Crippen LogP contribution in [0.25, 0.3) is 33.5 Å². The summed E-state index contributed by atoms with van der Waals surface area (Å²) in [5.74, 6) is -1.77. The number of benzene rings is 5. The lowest BCUT2D eigenvalue weighted by molar-refractivity contribution is -0.149. The number of aromatic amines is 1. The van der Waals surface area contributed by atoms with Gasteiger partial charge in [0.1, 0.15) is 6.04 Å². The maximum atomic E-state index is 12.9. The minimum Gasteiger partial charge on any atom is -0.480 e. The molecule has 0 spiro atoms. The summed E-state index contributed by atoms with van der Waals surface area (Å²) in [5, 5.41) is 33.6. The molecule has 0 aliphatic carbocycles. The van der Waals surface area contributed by atoms with Gasteiger partial charge in [-0.1, -0.05) is 122 Å². The maximum absolute atomic E-state index is 12.9. The number of hydrogen-bond acceptors (Lipinski definition) is 11. The minimum absolute atomic E-state index is 0.0354. The first-order chi connectivity index (χ1) is 30.1. The van der Waals surface area contributed by atoms with Crippen molar-refractivity contribution in [3.05, 3.63) is 144 Å². The summed E-state index contributed by atoms with van der Waals surface area (Å²) < 4.78 is 7.53. The number of carboxylic acid groups (broad SMARTS) is 2. The number of amides is 1. The van der Waals surface area contributed by atoms with Crippen molar-refractivity contribution >= 4 is 57.5 Å². The number of aromatic nitrogens is 6. The molecule has 0 saturated carbocycles. The van der Waals surface area contributed by atoms with Crippen LogP contribution in [0.15, 0.2) is 132 Å². The lowest BCUT2D eigenvalue weighted by Crippen LogP contribution is -2.43. The molecule has 14 nitrogen and oxygen atoms in total. The third-order valence-electron chi connectivity index (χ3n) is 10.1. The zero-order chi connectivity index (χ0) is 43.6. The quantitative estimate of drug-likeness (QED) is 0.0951. The van der Waals surface area contributed by atoms with E-state index >= 15 is 0 Å². The van der Waals surface area contributed by atoms with E-state index in [2.05, 4.69) is 25.6 Å². The largest absolute Gasteiger partial charge is 0.480 e. The maximum Gasteiger partial charge on any atom is 0.337 e. The van der Waals surface area contributed by atoms with Gasteiger partial charge in [0.15, 0.2) is 0 Å².